The summed E-state index contributed by atoms with van der Waals surface area (Å²) < 4.78 is 11.2. The summed E-state index contributed by atoms with van der Waals surface area (Å²) in [5.74, 6) is -0.811. The van der Waals surface area contributed by atoms with E-state index in [1.54, 1.807) is 24.3 Å². The van der Waals surface area contributed by atoms with Gasteiger partial charge < -0.3 is 9.47 Å². The number of hydrogen-bond donors (Lipinski definition) is 0. The van der Waals surface area contributed by atoms with Crippen LogP contribution in [0.4, 0.5) is 0 Å². The second kappa shape index (κ2) is 28.5. The molecule has 0 aliphatic rings. The maximum Gasteiger partial charge on any atom is 0.339 e. The minimum absolute atomic E-state index is 0.270. The fourth-order valence-electron chi connectivity index (χ4n) is 5.51. The van der Waals surface area contributed by atoms with Gasteiger partial charge in [-0.15, -0.1) is 0 Å². The van der Waals surface area contributed by atoms with Crippen LogP contribution in [0.5, 0.6) is 0 Å². The third-order valence-corrected chi connectivity index (χ3v) is 8.64. The van der Waals surface area contributed by atoms with Crippen LogP contribution in [-0.4, -0.2) is 61.4 Å². The molecule has 0 fully saturated rings. The van der Waals surface area contributed by atoms with Gasteiger partial charge in [-0.3, -0.25) is 9.80 Å². The standard InChI is InChI=1S/C38H68N2O4/c1-5-9-11-13-15-17-19-21-23-25-30-39(7-3)33-43-37(41)35-28-27-29-36(32-35)38(42)44-34-40(8-4)31-26-24-22-20-18-16-14-12-10-6-2/h27-29,32H,5-26,30-31,33-34H2,1-4H3. The maximum absolute atomic E-state index is 12.8. The van der Waals surface area contributed by atoms with Crippen molar-refractivity contribution in [2.45, 2.75) is 156 Å². The quantitative estimate of drug-likeness (QED) is 0.0487. The average molecular weight is 617 g/mol. The SMILES string of the molecule is CCCCCCCCCCCCN(CC)COC(=O)c1cccc(C(=O)OCN(CC)CCCCCCCCCCCC)c1. The monoisotopic (exact) mass is 617 g/mol. The Morgan fingerprint density at radius 3 is 1.14 bits per heavy atom. The van der Waals surface area contributed by atoms with Gasteiger partial charge in [-0.1, -0.05) is 149 Å². The molecule has 0 spiro atoms. The Morgan fingerprint density at radius 2 is 0.818 bits per heavy atom. The molecular formula is C38H68N2O4. The smallest absolute Gasteiger partial charge is 0.339 e. The highest BCUT2D eigenvalue weighted by Crippen LogP contribution is 2.13. The van der Waals surface area contributed by atoms with Gasteiger partial charge in [0, 0.05) is 13.1 Å². The van der Waals surface area contributed by atoms with E-state index in [0.29, 0.717) is 11.1 Å². The van der Waals surface area contributed by atoms with E-state index in [-0.39, 0.29) is 13.5 Å². The molecule has 0 heterocycles. The fourth-order valence-corrected chi connectivity index (χ4v) is 5.51. The largest absolute Gasteiger partial charge is 0.446 e. The number of unbranched alkanes of at least 4 members (excludes halogenated alkanes) is 18. The second-order valence-electron chi connectivity index (χ2n) is 12.5. The number of ether oxygens (including phenoxy) is 2. The van der Waals surface area contributed by atoms with Crippen molar-refractivity contribution < 1.29 is 19.1 Å². The van der Waals surface area contributed by atoms with Crippen LogP contribution in [0.3, 0.4) is 0 Å². The molecule has 0 radical (unpaired) electrons. The van der Waals surface area contributed by atoms with Crippen LogP contribution >= 0.6 is 0 Å². The van der Waals surface area contributed by atoms with Gasteiger partial charge >= 0.3 is 11.9 Å². The summed E-state index contributed by atoms with van der Waals surface area (Å²) in [5.41, 5.74) is 0.763. The van der Waals surface area contributed by atoms with E-state index in [1.807, 2.05) is 0 Å². The van der Waals surface area contributed by atoms with Gasteiger partial charge in [-0.2, -0.15) is 0 Å². The first kappa shape index (κ1) is 40.1. The lowest BCUT2D eigenvalue weighted by Crippen LogP contribution is -2.29. The molecular weight excluding hydrogens is 548 g/mol. The Morgan fingerprint density at radius 1 is 0.500 bits per heavy atom. The van der Waals surface area contributed by atoms with Crippen molar-refractivity contribution >= 4 is 11.9 Å². The van der Waals surface area contributed by atoms with E-state index in [1.165, 1.54) is 116 Å². The van der Waals surface area contributed by atoms with E-state index < -0.39 is 11.9 Å². The lowest BCUT2D eigenvalue weighted by atomic mass is 10.1. The van der Waals surface area contributed by atoms with Crippen molar-refractivity contribution in [2.75, 3.05) is 39.6 Å². The zero-order chi connectivity index (χ0) is 32.1. The molecule has 0 aliphatic heterocycles. The van der Waals surface area contributed by atoms with Gasteiger partial charge in [0.1, 0.15) is 13.5 Å². The number of rotatable bonds is 30. The molecule has 0 N–H and O–H groups in total. The first-order chi connectivity index (χ1) is 21.5. The van der Waals surface area contributed by atoms with Crippen molar-refractivity contribution in [1.82, 2.24) is 9.80 Å². The van der Waals surface area contributed by atoms with Crippen LogP contribution in [0.1, 0.15) is 177 Å². The third kappa shape index (κ3) is 20.9. The van der Waals surface area contributed by atoms with Crippen molar-refractivity contribution in [3.8, 4) is 0 Å². The molecule has 1 aromatic carbocycles. The van der Waals surface area contributed by atoms with Gasteiger partial charge in [0.25, 0.3) is 0 Å². The fraction of sp³-hybridized carbons (Fsp3) is 0.789. The van der Waals surface area contributed by atoms with Gasteiger partial charge in [0.05, 0.1) is 11.1 Å². The average Bonchev–Trinajstić information content (AvgIpc) is 3.05. The normalized spacial score (nSPS) is 11.4. The molecule has 6 nitrogen and oxygen atoms in total. The van der Waals surface area contributed by atoms with Crippen molar-refractivity contribution in [1.29, 1.82) is 0 Å². The Bertz CT molecular complexity index is 768. The first-order valence-electron chi connectivity index (χ1n) is 18.4. The molecule has 0 bridgehead atoms. The topological polar surface area (TPSA) is 59.1 Å². The first-order valence-corrected chi connectivity index (χ1v) is 18.4. The Balaban J connectivity index is 2.27. The van der Waals surface area contributed by atoms with Gasteiger partial charge in [-0.25, -0.2) is 9.59 Å². The van der Waals surface area contributed by atoms with E-state index in [0.717, 1.165) is 39.0 Å². The Labute approximate surface area is 271 Å². The molecule has 0 atom stereocenters. The summed E-state index contributed by atoms with van der Waals surface area (Å²) in [7, 11) is 0. The molecule has 0 amide bonds. The summed E-state index contributed by atoms with van der Waals surface area (Å²) >= 11 is 0. The van der Waals surface area contributed by atoms with Crippen LogP contribution in [0, 0.1) is 0 Å². The summed E-state index contributed by atoms with van der Waals surface area (Å²) in [4.78, 5) is 29.8. The van der Waals surface area contributed by atoms with Gasteiger partial charge in [-0.05, 0) is 44.1 Å². The Kier molecular flexibility index (Phi) is 26.0. The molecule has 1 rings (SSSR count). The lowest BCUT2D eigenvalue weighted by Gasteiger charge is -2.20. The summed E-state index contributed by atoms with van der Waals surface area (Å²) in [6.07, 6.45) is 26.2. The van der Waals surface area contributed by atoms with E-state index in [9.17, 15) is 9.59 Å². The molecule has 254 valence electrons. The van der Waals surface area contributed by atoms with Crippen LogP contribution < -0.4 is 0 Å². The highest BCUT2D eigenvalue weighted by molar-refractivity contribution is 5.95. The summed E-state index contributed by atoms with van der Waals surface area (Å²) in [6, 6.07) is 6.69. The number of carbonyl (C=O) groups excluding carboxylic acids is 2. The molecule has 1 aromatic rings. The minimum atomic E-state index is -0.405. The van der Waals surface area contributed by atoms with Crippen molar-refractivity contribution in [2.24, 2.45) is 0 Å². The predicted octanol–water partition coefficient (Wildman–Crippen LogP) is 10.4. The molecule has 6 heteroatoms. The molecule has 0 saturated carbocycles. The Hall–Kier alpha value is -1.92. The minimum Gasteiger partial charge on any atom is -0.446 e. The number of benzene rings is 1. The molecule has 44 heavy (non-hydrogen) atoms. The van der Waals surface area contributed by atoms with Crippen molar-refractivity contribution in [3.63, 3.8) is 0 Å². The molecule has 0 aliphatic carbocycles. The van der Waals surface area contributed by atoms with Crippen LogP contribution in [0.25, 0.3) is 0 Å². The third-order valence-electron chi connectivity index (χ3n) is 8.64. The van der Waals surface area contributed by atoms with E-state index in [2.05, 4.69) is 37.5 Å². The zero-order valence-corrected chi connectivity index (χ0v) is 29.2. The van der Waals surface area contributed by atoms with Crippen LogP contribution in [0.2, 0.25) is 0 Å². The van der Waals surface area contributed by atoms with Crippen LogP contribution in [-0.2, 0) is 9.47 Å². The number of esters is 2. The highest BCUT2D eigenvalue weighted by Gasteiger charge is 2.15. The van der Waals surface area contributed by atoms with E-state index >= 15 is 0 Å². The number of hydrogen-bond acceptors (Lipinski definition) is 6. The predicted molar refractivity (Wildman–Crippen MR) is 185 cm³/mol. The molecule has 0 aromatic heterocycles. The van der Waals surface area contributed by atoms with Gasteiger partial charge in [0.15, 0.2) is 0 Å². The lowest BCUT2D eigenvalue weighted by molar-refractivity contribution is 0.0222. The van der Waals surface area contributed by atoms with Crippen LogP contribution in [0.15, 0.2) is 24.3 Å². The van der Waals surface area contributed by atoms with Crippen molar-refractivity contribution in [3.05, 3.63) is 35.4 Å². The van der Waals surface area contributed by atoms with Gasteiger partial charge in [0.2, 0.25) is 0 Å². The highest BCUT2D eigenvalue weighted by atomic mass is 16.5. The van der Waals surface area contributed by atoms with E-state index in [4.69, 9.17) is 9.47 Å². The number of nitrogens with zero attached hydrogens (tertiary/aromatic N) is 2. The zero-order valence-electron chi connectivity index (χ0n) is 29.2. The summed E-state index contributed by atoms with van der Waals surface area (Å²) in [6.45, 7) is 12.8. The second-order valence-corrected chi connectivity index (χ2v) is 12.5. The molecule has 0 unspecified atom stereocenters. The summed E-state index contributed by atoms with van der Waals surface area (Å²) in [5, 5.41) is 0. The number of carbonyl (C=O) groups is 2. The maximum atomic E-state index is 12.8. The molecule has 0 saturated heterocycles.